The topological polar surface area (TPSA) is 87.2 Å². The molecule has 0 bridgehead atoms. The van der Waals surface area contributed by atoms with Crippen LogP contribution in [0.2, 0.25) is 5.02 Å². The highest BCUT2D eigenvalue weighted by molar-refractivity contribution is 6.33. The van der Waals surface area contributed by atoms with Crippen LogP contribution >= 0.6 is 11.6 Å². The quantitative estimate of drug-likeness (QED) is 0.741. The molecule has 1 aliphatic heterocycles. The van der Waals surface area contributed by atoms with Crippen LogP contribution in [0.1, 0.15) is 35.7 Å². The summed E-state index contributed by atoms with van der Waals surface area (Å²) in [5.74, 6) is -0.0340. The van der Waals surface area contributed by atoms with Gasteiger partial charge in [0.2, 0.25) is 5.91 Å². The molecular weight excluding hydrogens is 423 g/mol. The molecule has 7 nitrogen and oxygen atoms in total. The van der Waals surface area contributed by atoms with Crippen molar-refractivity contribution >= 4 is 35.1 Å². The lowest BCUT2D eigenvalue weighted by atomic mass is 10.2. The largest absolute Gasteiger partial charge is 0.417 e. The fourth-order valence-electron chi connectivity index (χ4n) is 3.03. The Kier molecular flexibility index (Phi) is 6.45. The summed E-state index contributed by atoms with van der Waals surface area (Å²) in [5, 5.41) is 5.37. The molecule has 1 aliphatic rings. The molecule has 11 heteroatoms. The summed E-state index contributed by atoms with van der Waals surface area (Å²) >= 11 is 6.00. The molecular formula is C19H19ClF3N5O2. The number of hydrogen-bond donors (Lipinski definition) is 2. The van der Waals surface area contributed by atoms with E-state index in [1.807, 2.05) is 0 Å². The Hall–Kier alpha value is -2.88. The first-order chi connectivity index (χ1) is 14.2. The van der Waals surface area contributed by atoms with Gasteiger partial charge in [0.1, 0.15) is 11.6 Å². The van der Waals surface area contributed by atoms with Gasteiger partial charge in [-0.2, -0.15) is 13.2 Å². The third kappa shape index (κ3) is 5.18. The number of hydrogen-bond acceptors (Lipinski definition) is 5. The van der Waals surface area contributed by atoms with Crippen molar-refractivity contribution in [1.29, 1.82) is 0 Å². The Morgan fingerprint density at radius 3 is 2.73 bits per heavy atom. The fourth-order valence-corrected chi connectivity index (χ4v) is 3.31. The maximum absolute atomic E-state index is 12.8. The average molecular weight is 442 g/mol. The zero-order valence-electron chi connectivity index (χ0n) is 16.0. The van der Waals surface area contributed by atoms with Gasteiger partial charge in [0.25, 0.3) is 5.91 Å². The van der Waals surface area contributed by atoms with Crippen LogP contribution in [-0.4, -0.2) is 40.9 Å². The van der Waals surface area contributed by atoms with E-state index in [4.69, 9.17) is 11.6 Å². The van der Waals surface area contributed by atoms with Gasteiger partial charge in [-0.05, 0) is 24.6 Å². The van der Waals surface area contributed by atoms with Crippen molar-refractivity contribution in [2.75, 3.05) is 23.3 Å². The van der Waals surface area contributed by atoms with E-state index in [0.717, 1.165) is 12.3 Å². The monoisotopic (exact) mass is 441 g/mol. The van der Waals surface area contributed by atoms with E-state index in [2.05, 4.69) is 20.6 Å². The predicted octanol–water partition coefficient (Wildman–Crippen LogP) is 3.51. The molecule has 1 saturated heterocycles. The van der Waals surface area contributed by atoms with Crippen molar-refractivity contribution in [3.05, 3.63) is 46.7 Å². The third-order valence-corrected chi connectivity index (χ3v) is 4.86. The second-order valence-corrected chi connectivity index (χ2v) is 7.17. The van der Waals surface area contributed by atoms with Gasteiger partial charge in [-0.25, -0.2) is 9.97 Å². The van der Waals surface area contributed by atoms with Crippen molar-refractivity contribution in [2.45, 2.75) is 32.0 Å². The second-order valence-electron chi connectivity index (χ2n) is 6.76. The van der Waals surface area contributed by atoms with Gasteiger partial charge < -0.3 is 15.5 Å². The number of alkyl halides is 3. The average Bonchev–Trinajstić information content (AvgIpc) is 3.15. The summed E-state index contributed by atoms with van der Waals surface area (Å²) in [4.78, 5) is 33.6. The first-order valence-electron chi connectivity index (χ1n) is 9.22. The van der Waals surface area contributed by atoms with Gasteiger partial charge in [-0.15, -0.1) is 0 Å². The lowest BCUT2D eigenvalue weighted by molar-refractivity contribution is -0.137. The van der Waals surface area contributed by atoms with Crippen molar-refractivity contribution in [3.8, 4) is 0 Å². The highest BCUT2D eigenvalue weighted by Crippen LogP contribution is 2.34. The van der Waals surface area contributed by atoms with Gasteiger partial charge in [0, 0.05) is 43.5 Å². The SMILES string of the molecule is CCC(=O)Nc1cc(C(=O)N[C@@H]2CCN(c3ncc(C(F)(F)F)cc3Cl)C2)ccn1. The summed E-state index contributed by atoms with van der Waals surface area (Å²) in [6.07, 6.45) is -1.48. The highest BCUT2D eigenvalue weighted by atomic mass is 35.5. The third-order valence-electron chi connectivity index (χ3n) is 4.58. The smallest absolute Gasteiger partial charge is 0.353 e. The second kappa shape index (κ2) is 8.86. The van der Waals surface area contributed by atoms with Crippen molar-refractivity contribution in [3.63, 3.8) is 0 Å². The molecule has 30 heavy (non-hydrogen) atoms. The zero-order valence-corrected chi connectivity index (χ0v) is 16.7. The Bertz CT molecular complexity index is 954. The van der Waals surface area contributed by atoms with Crippen LogP contribution in [0.4, 0.5) is 24.8 Å². The number of anilines is 2. The van der Waals surface area contributed by atoms with Crippen LogP contribution < -0.4 is 15.5 Å². The predicted molar refractivity (Wildman–Crippen MR) is 105 cm³/mol. The van der Waals surface area contributed by atoms with E-state index in [1.54, 1.807) is 11.8 Å². The molecule has 0 saturated carbocycles. The van der Waals surface area contributed by atoms with Crippen molar-refractivity contribution in [2.24, 2.45) is 0 Å². The number of aromatic nitrogens is 2. The van der Waals surface area contributed by atoms with Crippen LogP contribution in [0.15, 0.2) is 30.6 Å². The van der Waals surface area contributed by atoms with Gasteiger partial charge in [-0.3, -0.25) is 9.59 Å². The maximum atomic E-state index is 12.8. The lowest BCUT2D eigenvalue weighted by Crippen LogP contribution is -2.37. The number of halogens is 4. The Balaban J connectivity index is 1.63. The van der Waals surface area contributed by atoms with Gasteiger partial charge in [-0.1, -0.05) is 18.5 Å². The molecule has 2 amide bonds. The minimum atomic E-state index is -4.52. The van der Waals surface area contributed by atoms with Gasteiger partial charge in [0.15, 0.2) is 0 Å². The molecule has 160 valence electrons. The Morgan fingerprint density at radius 1 is 1.30 bits per heavy atom. The summed E-state index contributed by atoms with van der Waals surface area (Å²) in [5.41, 5.74) is -0.579. The summed E-state index contributed by atoms with van der Waals surface area (Å²) < 4.78 is 38.3. The van der Waals surface area contributed by atoms with Crippen molar-refractivity contribution < 1.29 is 22.8 Å². The first-order valence-corrected chi connectivity index (χ1v) is 9.59. The van der Waals surface area contributed by atoms with Crippen LogP contribution in [0.3, 0.4) is 0 Å². The standard InChI is InChI=1S/C19H19ClF3N5O2/c1-2-16(29)27-15-7-11(3-5-24-15)18(30)26-13-4-6-28(10-13)17-14(20)8-12(9-25-17)19(21,22)23/h3,5,7-9,13H,2,4,6,10H2,1H3,(H,26,30)(H,24,27,29)/t13-/m1/s1. The van der Waals surface area contributed by atoms with Crippen LogP contribution in [0, 0.1) is 0 Å². The lowest BCUT2D eigenvalue weighted by Gasteiger charge is -2.20. The Morgan fingerprint density at radius 2 is 2.07 bits per heavy atom. The Labute approximate surface area is 175 Å². The molecule has 0 aliphatic carbocycles. The molecule has 3 rings (SSSR count). The molecule has 3 heterocycles. The summed E-state index contributed by atoms with van der Waals surface area (Å²) in [6, 6.07) is 3.61. The van der Waals surface area contributed by atoms with E-state index in [-0.39, 0.29) is 40.9 Å². The van der Waals surface area contributed by atoms with E-state index in [0.29, 0.717) is 25.1 Å². The van der Waals surface area contributed by atoms with Crippen LogP contribution in [0.25, 0.3) is 0 Å². The number of carbonyl (C=O) groups is 2. The molecule has 2 N–H and O–H groups in total. The number of nitrogens with one attached hydrogen (secondary N) is 2. The molecule has 2 aromatic heterocycles. The molecule has 0 aromatic carbocycles. The minimum absolute atomic E-state index is 0.0951. The number of rotatable bonds is 5. The maximum Gasteiger partial charge on any atom is 0.417 e. The van der Waals surface area contributed by atoms with E-state index < -0.39 is 11.7 Å². The van der Waals surface area contributed by atoms with Crippen molar-refractivity contribution in [1.82, 2.24) is 15.3 Å². The van der Waals surface area contributed by atoms with Gasteiger partial charge in [0.05, 0.1) is 10.6 Å². The number of pyridine rings is 2. The van der Waals surface area contributed by atoms with Crippen LogP contribution in [-0.2, 0) is 11.0 Å². The summed E-state index contributed by atoms with van der Waals surface area (Å²) in [6.45, 7) is 2.54. The van der Waals surface area contributed by atoms with Crippen LogP contribution in [0.5, 0.6) is 0 Å². The number of amides is 2. The van der Waals surface area contributed by atoms with Gasteiger partial charge >= 0.3 is 6.18 Å². The highest BCUT2D eigenvalue weighted by Gasteiger charge is 2.33. The molecule has 0 radical (unpaired) electrons. The van der Waals surface area contributed by atoms with E-state index in [9.17, 15) is 22.8 Å². The van der Waals surface area contributed by atoms with E-state index >= 15 is 0 Å². The minimum Gasteiger partial charge on any atom is -0.353 e. The molecule has 0 unspecified atom stereocenters. The summed E-state index contributed by atoms with van der Waals surface area (Å²) in [7, 11) is 0. The molecule has 1 fully saturated rings. The molecule has 2 aromatic rings. The first kappa shape index (κ1) is 21.8. The number of carbonyl (C=O) groups excluding carboxylic acids is 2. The zero-order chi connectivity index (χ0) is 21.9. The van der Waals surface area contributed by atoms with E-state index in [1.165, 1.54) is 18.3 Å². The normalized spacial score (nSPS) is 16.4. The fraction of sp³-hybridized carbons (Fsp3) is 0.368. The molecule has 0 spiro atoms. The number of nitrogens with zero attached hydrogens (tertiary/aromatic N) is 3. The molecule has 1 atom stereocenters.